The number of ketones is 1. The van der Waals surface area contributed by atoms with Crippen LogP contribution in [0.25, 0.3) is 21.7 Å². The number of ether oxygens (including phenoxy) is 5. The number of phenols is 3. The molecule has 4 aromatic rings. The Bertz CT molecular complexity index is 3460. The van der Waals surface area contributed by atoms with Crippen molar-refractivity contribution in [3.8, 4) is 28.7 Å². The van der Waals surface area contributed by atoms with Crippen LogP contribution in [0.2, 0.25) is 0 Å². The highest BCUT2D eigenvalue weighted by atomic mass is 19.1. The summed E-state index contributed by atoms with van der Waals surface area (Å²) < 4.78 is 47.5. The number of piperazine rings is 1. The minimum absolute atomic E-state index is 0.00642. The van der Waals surface area contributed by atoms with Crippen LogP contribution in [-0.2, 0) is 23.8 Å². The predicted molar refractivity (Wildman–Crippen MR) is 304 cm³/mol. The molecule has 446 valence electrons. The summed E-state index contributed by atoms with van der Waals surface area (Å²) >= 11 is 0. The van der Waals surface area contributed by atoms with Gasteiger partial charge in [0, 0.05) is 106 Å². The van der Waals surface area contributed by atoms with E-state index in [2.05, 4.69) is 10.2 Å². The topological polar surface area (TPSA) is 318 Å². The van der Waals surface area contributed by atoms with Gasteiger partial charge in [-0.25, -0.2) is 9.18 Å². The van der Waals surface area contributed by atoms with Crippen molar-refractivity contribution in [2.75, 3.05) is 63.7 Å². The molecular weight excluding hydrogens is 1080 g/mol. The van der Waals surface area contributed by atoms with Crippen molar-refractivity contribution in [2.45, 2.75) is 116 Å². The zero-order valence-corrected chi connectivity index (χ0v) is 47.7. The number of fused-ring (bicyclic) bond motifs is 15. The fourth-order valence-corrected chi connectivity index (χ4v) is 11.9. The number of aliphatic hydroxyl groups excluding tert-OH is 2. The molecule has 83 heavy (non-hydrogen) atoms. The van der Waals surface area contributed by atoms with Crippen LogP contribution in [0.5, 0.6) is 28.7 Å². The number of carboxylic acids is 1. The molecule has 6 aliphatic rings. The summed E-state index contributed by atoms with van der Waals surface area (Å²) in [6, 6.07) is -0.262. The number of methoxy groups -OCH3 is 2. The number of aliphatic hydroxyl groups is 2. The third-order valence-electron chi connectivity index (χ3n) is 17.0. The van der Waals surface area contributed by atoms with Crippen LogP contribution in [-0.4, -0.2) is 171 Å². The van der Waals surface area contributed by atoms with Gasteiger partial charge in [-0.05, 0) is 45.3 Å². The molecule has 0 radical (unpaired) electrons. The minimum atomic E-state index is -2.14. The van der Waals surface area contributed by atoms with Gasteiger partial charge in [0.25, 0.3) is 11.7 Å². The summed E-state index contributed by atoms with van der Waals surface area (Å²) in [5.41, 5.74) is 4.97. The van der Waals surface area contributed by atoms with Crippen molar-refractivity contribution in [3.63, 3.8) is 0 Å². The summed E-state index contributed by atoms with van der Waals surface area (Å²) in [6.45, 7) is 13.0. The number of anilines is 2. The first-order valence-electron chi connectivity index (χ1n) is 27.6. The molecule has 5 bridgehead atoms. The van der Waals surface area contributed by atoms with E-state index in [1.165, 1.54) is 72.6 Å². The van der Waals surface area contributed by atoms with E-state index in [1.54, 1.807) is 36.4 Å². The van der Waals surface area contributed by atoms with Gasteiger partial charge in [0.2, 0.25) is 5.43 Å². The third-order valence-corrected chi connectivity index (χ3v) is 17.0. The summed E-state index contributed by atoms with van der Waals surface area (Å²) in [5, 5.41) is 77.6. The monoisotopic (exact) mass is 1150 g/mol. The predicted octanol–water partition coefficient (Wildman–Crippen LogP) is 5.17. The number of nitrogens with zero attached hydrogens (tertiary/aromatic N) is 5. The normalized spacial score (nSPS) is 29.0. The molecule has 1 aromatic heterocycles. The Labute approximate surface area is 477 Å². The quantitative estimate of drug-likeness (QED) is 0.0464. The summed E-state index contributed by atoms with van der Waals surface area (Å²) in [4.78, 5) is 70.7. The largest absolute Gasteiger partial charge is 0.507 e. The molecule has 1 saturated carbocycles. The Morgan fingerprint density at radius 2 is 1.63 bits per heavy atom. The standard InChI is InChI=1S/C59H72FN7O16/c1-27-11-10-12-28(2)57(76)63-44-36(24-62-66-17-15-34(25-66)64-18-20-65(21-19-64)46-38(60)23-35-45(55(46)80-9)67(33-13-14-33)26-37(50(35)72)58(77)78)51(73)40-41(52(44)74)48(70)30(4)54-42(40)56(75)59(7,83-54)81-22-16-39(79-8)29(3)53(82-32(6)68)31(5)49(71)43(61)47(27)69/h10-12,16,22-24,26-27,29,31,33-34,39,43,47,49,53,69-71,73-74H,13-15,17-21,25,61H2,1-9H3,(H,63,76)(H,77,78)/b11-10+,22-16+,28-12-,62-24+/t27-,29+,31+,34?,39-,43+,47-,49-,53+,59-/m0/s1. The van der Waals surface area contributed by atoms with Gasteiger partial charge < -0.3 is 74.8 Å². The first-order chi connectivity index (χ1) is 39.3. The average Bonchev–Trinajstić information content (AvgIpc) is 2.49. The van der Waals surface area contributed by atoms with Crippen molar-refractivity contribution in [1.82, 2.24) is 14.5 Å². The number of nitrogens with two attached hydrogens (primary N) is 1. The number of aromatic hydroxyl groups is 3. The molecule has 5 aliphatic heterocycles. The lowest BCUT2D eigenvalue weighted by Crippen LogP contribution is -2.53. The summed E-state index contributed by atoms with van der Waals surface area (Å²) in [6.07, 6.45) is 7.18. The third kappa shape index (κ3) is 11.0. The number of halogens is 1. The van der Waals surface area contributed by atoms with Crippen LogP contribution < -0.4 is 30.9 Å². The number of esters is 1. The molecule has 3 fully saturated rings. The van der Waals surface area contributed by atoms with Gasteiger partial charge in [-0.2, -0.15) is 5.10 Å². The van der Waals surface area contributed by atoms with Crippen LogP contribution in [0.1, 0.15) is 98.7 Å². The Morgan fingerprint density at radius 3 is 2.27 bits per heavy atom. The van der Waals surface area contributed by atoms with E-state index in [0.29, 0.717) is 51.2 Å². The number of hydrogen-bond donors (Lipinski definition) is 8. The van der Waals surface area contributed by atoms with E-state index in [4.69, 9.17) is 34.5 Å². The highest BCUT2D eigenvalue weighted by Crippen LogP contribution is 2.55. The van der Waals surface area contributed by atoms with Crippen molar-refractivity contribution >= 4 is 62.9 Å². The molecule has 1 unspecified atom stereocenters. The number of hydrogen-bond acceptors (Lipinski definition) is 20. The van der Waals surface area contributed by atoms with Gasteiger partial charge in [0.05, 0.1) is 83.6 Å². The number of carbonyl (C=O) groups is 4. The average molecular weight is 1150 g/mol. The second kappa shape index (κ2) is 23.5. The minimum Gasteiger partial charge on any atom is -0.507 e. The number of phenolic OH excluding ortho intramolecular Hbond substituents is 3. The van der Waals surface area contributed by atoms with E-state index in [9.17, 15) is 54.6 Å². The SMILES string of the molecule is COc1c(N2CCN(C3CCN(/N=C/c4c5c(O)c6c(O)c(C)c7c(c6c4O)C(=O)[C@@](C)(O/C=C/[C@H](OC)[C@@H](C)[C@@H](OC(C)=O)[C@H](C)[C@H](O)[C@H](N)[C@@H](O)[C@@H](C)/C=C/C=C(/C)C(=O)N5)O7)C3)CC2)c(F)cc2c(=O)c(C(=O)O)cn(C3CC3)c12. The lowest BCUT2D eigenvalue weighted by Gasteiger charge is -2.39. The van der Waals surface area contributed by atoms with Crippen molar-refractivity contribution in [1.29, 1.82) is 0 Å². The maximum Gasteiger partial charge on any atom is 0.341 e. The molecule has 2 saturated heterocycles. The van der Waals surface area contributed by atoms with Crippen LogP contribution in [0.15, 0.2) is 58.3 Å². The maximum atomic E-state index is 16.2. The van der Waals surface area contributed by atoms with Gasteiger partial charge in [0.1, 0.15) is 34.6 Å². The lowest BCUT2D eigenvalue weighted by atomic mass is 9.81. The molecule has 24 heteroatoms. The van der Waals surface area contributed by atoms with Gasteiger partial charge >= 0.3 is 17.7 Å². The number of Topliss-reactive ketones (excluding diaryl/α,β-unsaturated/α-hetero) is 1. The summed E-state index contributed by atoms with van der Waals surface area (Å²) in [5.74, 6) is -10.7. The van der Waals surface area contributed by atoms with Crippen LogP contribution in [0.4, 0.5) is 15.8 Å². The fourth-order valence-electron chi connectivity index (χ4n) is 11.9. The van der Waals surface area contributed by atoms with Gasteiger partial charge in [0.15, 0.2) is 17.3 Å². The van der Waals surface area contributed by atoms with Crippen LogP contribution >= 0.6 is 0 Å². The van der Waals surface area contributed by atoms with Crippen LogP contribution in [0.3, 0.4) is 0 Å². The number of aromatic carboxylic acids is 1. The van der Waals surface area contributed by atoms with Gasteiger partial charge in [-0.15, -0.1) is 0 Å². The molecule has 6 heterocycles. The van der Waals surface area contributed by atoms with E-state index >= 15 is 4.39 Å². The van der Waals surface area contributed by atoms with E-state index in [1.807, 2.05) is 4.90 Å². The number of benzene rings is 3. The van der Waals surface area contributed by atoms with Crippen molar-refractivity contribution < 1.29 is 77.9 Å². The Hall–Kier alpha value is -7.77. The molecule has 23 nitrogen and oxygen atoms in total. The first-order valence-corrected chi connectivity index (χ1v) is 27.6. The van der Waals surface area contributed by atoms with Gasteiger partial charge in [-0.1, -0.05) is 39.0 Å². The highest BCUT2D eigenvalue weighted by Gasteiger charge is 2.50. The highest BCUT2D eigenvalue weighted by molar-refractivity contribution is 6.24. The number of pyridine rings is 1. The molecule has 10 rings (SSSR count). The smallest absolute Gasteiger partial charge is 0.341 e. The van der Waals surface area contributed by atoms with E-state index in [0.717, 1.165) is 25.2 Å². The Morgan fingerprint density at radius 1 is 0.928 bits per heavy atom. The molecule has 1 amide bonds. The molecule has 9 N–H and O–H groups in total. The Balaban J connectivity index is 1.03. The number of amides is 1. The zero-order valence-electron chi connectivity index (χ0n) is 47.7. The number of allylic oxidation sites excluding steroid dienone is 2. The number of rotatable bonds is 9. The zero-order chi connectivity index (χ0) is 60.3. The molecule has 1 aliphatic carbocycles. The summed E-state index contributed by atoms with van der Waals surface area (Å²) in [7, 11) is 2.79. The van der Waals surface area contributed by atoms with Gasteiger partial charge in [-0.3, -0.25) is 29.1 Å². The lowest BCUT2D eigenvalue weighted by molar-refractivity contribution is -0.159. The van der Waals surface area contributed by atoms with Crippen molar-refractivity contribution in [3.05, 3.63) is 86.7 Å². The first kappa shape index (κ1) is 59.8. The van der Waals surface area contributed by atoms with Crippen LogP contribution in [0, 0.1) is 30.5 Å². The maximum absolute atomic E-state index is 16.2. The number of carboxylic acid groups (broad SMARTS) is 1. The molecule has 3 aromatic carbocycles. The molecular formula is C59H72FN7O16. The number of hydrazone groups is 1. The Kier molecular flexibility index (Phi) is 16.9. The fraction of sp³-hybridized carbons (Fsp3) is 0.492. The number of aromatic nitrogens is 1. The molecule has 10 atom stereocenters. The molecule has 0 spiro atoms. The van der Waals surface area contributed by atoms with E-state index in [-0.39, 0.29) is 73.4 Å². The number of nitrogens with one attached hydrogen (secondary N) is 1. The second-order valence-corrected chi connectivity index (χ2v) is 22.4. The van der Waals surface area contributed by atoms with Crippen molar-refractivity contribution in [2.24, 2.45) is 28.6 Å². The second-order valence-electron chi connectivity index (χ2n) is 22.4. The van der Waals surface area contributed by atoms with E-state index < -0.39 is 112 Å². The number of carbonyl (C=O) groups excluding carboxylic acids is 3.